The van der Waals surface area contributed by atoms with E-state index in [1.165, 1.54) is 23.5 Å². The van der Waals surface area contributed by atoms with Gasteiger partial charge < -0.3 is 5.73 Å². The monoisotopic (exact) mass is 228 g/mol. The quantitative estimate of drug-likeness (QED) is 0.602. The molecule has 0 saturated heterocycles. The first kappa shape index (κ1) is 9.23. The number of nitrogens with two attached hydrogens (primary N) is 1. The molecule has 0 bridgehead atoms. The number of non-ortho nitro benzene ring substituents is 1. The average Bonchev–Trinajstić information content (AvgIpc) is 2.43. The van der Waals surface area contributed by atoms with Gasteiger partial charge in [0, 0.05) is 22.2 Å². The summed E-state index contributed by atoms with van der Waals surface area (Å²) in [7, 11) is 0. The van der Waals surface area contributed by atoms with Gasteiger partial charge in [0.05, 0.1) is 9.95 Å². The Bertz CT molecular complexity index is 523. The molecular weight excluding hydrogens is 224 g/mol. The van der Waals surface area contributed by atoms with Crippen LogP contribution in [0.3, 0.4) is 0 Å². The molecule has 2 N–H and O–H groups in total. The molecule has 0 saturated carbocycles. The summed E-state index contributed by atoms with van der Waals surface area (Å²) in [5, 5.41) is 12.0. The van der Waals surface area contributed by atoms with Crippen LogP contribution in [0, 0.1) is 10.1 Å². The van der Waals surface area contributed by atoms with Crippen molar-refractivity contribution < 1.29 is 4.92 Å². The first-order valence-electron chi connectivity index (χ1n) is 3.71. The number of nitrogens with zero attached hydrogens (tertiary/aromatic N) is 1. The third-order valence-corrected chi connectivity index (χ3v) is 3.37. The molecule has 0 aliphatic heterocycles. The van der Waals surface area contributed by atoms with Crippen LogP contribution in [-0.4, -0.2) is 4.92 Å². The fraction of sp³-hybridized carbons (Fsp3) is 0. The zero-order valence-corrected chi connectivity index (χ0v) is 8.43. The number of nitro groups is 1. The maximum atomic E-state index is 10.5. The lowest BCUT2D eigenvalue weighted by atomic mass is 10.2. The summed E-state index contributed by atoms with van der Waals surface area (Å²) in [4.78, 5) is 10.0. The van der Waals surface area contributed by atoms with E-state index in [1.807, 2.05) is 0 Å². The Hall–Kier alpha value is -1.33. The van der Waals surface area contributed by atoms with Crippen LogP contribution in [0.5, 0.6) is 0 Å². The number of nitro benzene ring substituents is 1. The highest BCUT2D eigenvalue weighted by molar-refractivity contribution is 7.23. The summed E-state index contributed by atoms with van der Waals surface area (Å²) >= 11 is 7.20. The molecule has 0 amide bonds. The van der Waals surface area contributed by atoms with Crippen LogP contribution in [-0.2, 0) is 0 Å². The Morgan fingerprint density at radius 2 is 2.21 bits per heavy atom. The number of anilines is 1. The number of thiophene rings is 1. The maximum absolute atomic E-state index is 10.5. The van der Waals surface area contributed by atoms with Gasteiger partial charge in [-0.1, -0.05) is 11.6 Å². The van der Waals surface area contributed by atoms with Crippen molar-refractivity contribution in [1.29, 1.82) is 0 Å². The molecule has 6 heteroatoms. The maximum Gasteiger partial charge on any atom is 0.270 e. The van der Waals surface area contributed by atoms with Crippen molar-refractivity contribution in [3.8, 4) is 0 Å². The summed E-state index contributed by atoms with van der Waals surface area (Å²) in [6.45, 7) is 0. The number of hydrogen-bond donors (Lipinski definition) is 1. The molecule has 1 heterocycles. The molecule has 72 valence electrons. The minimum atomic E-state index is -0.455. The lowest BCUT2D eigenvalue weighted by Gasteiger charge is -1.91. The summed E-state index contributed by atoms with van der Waals surface area (Å²) in [6.07, 6.45) is 0. The first-order valence-corrected chi connectivity index (χ1v) is 4.91. The predicted octanol–water partition coefficient (Wildman–Crippen LogP) is 3.05. The van der Waals surface area contributed by atoms with E-state index in [-0.39, 0.29) is 5.69 Å². The molecule has 14 heavy (non-hydrogen) atoms. The number of hydrogen-bond acceptors (Lipinski definition) is 4. The summed E-state index contributed by atoms with van der Waals surface area (Å²) in [6, 6.07) is 4.53. The van der Waals surface area contributed by atoms with Gasteiger partial charge in [-0.3, -0.25) is 10.1 Å². The SMILES string of the molecule is Nc1sc2ccc([N+](=O)[O-])cc2c1Cl. The van der Waals surface area contributed by atoms with Crippen molar-refractivity contribution in [3.05, 3.63) is 33.3 Å². The molecule has 0 spiro atoms. The largest absolute Gasteiger partial charge is 0.389 e. The van der Waals surface area contributed by atoms with Crippen molar-refractivity contribution in [2.24, 2.45) is 0 Å². The van der Waals surface area contributed by atoms with E-state index in [1.54, 1.807) is 6.07 Å². The molecular formula is C8H5ClN2O2S. The molecule has 0 aliphatic carbocycles. The molecule has 2 aromatic rings. The Labute approximate surface area is 88.0 Å². The van der Waals surface area contributed by atoms with Crippen molar-refractivity contribution in [2.75, 3.05) is 5.73 Å². The molecule has 0 radical (unpaired) electrons. The minimum Gasteiger partial charge on any atom is -0.389 e. The van der Waals surface area contributed by atoms with Gasteiger partial charge in [-0.15, -0.1) is 11.3 Å². The smallest absolute Gasteiger partial charge is 0.270 e. The molecule has 0 unspecified atom stereocenters. The fourth-order valence-corrected chi connectivity index (χ4v) is 2.36. The number of halogens is 1. The highest BCUT2D eigenvalue weighted by Gasteiger charge is 2.12. The second-order valence-electron chi connectivity index (χ2n) is 2.72. The van der Waals surface area contributed by atoms with Crippen molar-refractivity contribution in [2.45, 2.75) is 0 Å². The zero-order valence-electron chi connectivity index (χ0n) is 6.86. The average molecular weight is 229 g/mol. The second kappa shape index (κ2) is 3.11. The van der Waals surface area contributed by atoms with E-state index in [0.29, 0.717) is 15.4 Å². The van der Waals surface area contributed by atoms with Crippen LogP contribution < -0.4 is 5.73 Å². The van der Waals surface area contributed by atoms with Crippen LogP contribution in [0.4, 0.5) is 10.7 Å². The topological polar surface area (TPSA) is 69.2 Å². The molecule has 0 atom stereocenters. The molecule has 4 nitrogen and oxygen atoms in total. The standard InChI is InChI=1S/C8H5ClN2O2S/c9-7-5-3-4(11(12)13)1-2-6(5)14-8(7)10/h1-3H,10H2. The Balaban J connectivity index is 2.76. The normalized spacial score (nSPS) is 10.6. The zero-order chi connectivity index (χ0) is 10.3. The Morgan fingerprint density at radius 1 is 1.50 bits per heavy atom. The number of rotatable bonds is 1. The predicted molar refractivity (Wildman–Crippen MR) is 57.9 cm³/mol. The van der Waals surface area contributed by atoms with Crippen LogP contribution in [0.15, 0.2) is 18.2 Å². The highest BCUT2D eigenvalue weighted by atomic mass is 35.5. The Morgan fingerprint density at radius 3 is 2.86 bits per heavy atom. The fourth-order valence-electron chi connectivity index (χ4n) is 1.19. The van der Waals surface area contributed by atoms with Gasteiger partial charge in [0.15, 0.2) is 0 Å². The van der Waals surface area contributed by atoms with Gasteiger partial charge in [0.1, 0.15) is 5.00 Å². The Kier molecular flexibility index (Phi) is 2.05. The molecule has 0 fully saturated rings. The van der Waals surface area contributed by atoms with Gasteiger partial charge in [0.25, 0.3) is 5.69 Å². The molecule has 1 aromatic carbocycles. The summed E-state index contributed by atoms with van der Waals surface area (Å²) in [5.74, 6) is 0. The van der Waals surface area contributed by atoms with Crippen molar-refractivity contribution in [1.82, 2.24) is 0 Å². The van der Waals surface area contributed by atoms with Gasteiger partial charge >= 0.3 is 0 Å². The highest BCUT2D eigenvalue weighted by Crippen LogP contribution is 2.38. The lowest BCUT2D eigenvalue weighted by molar-refractivity contribution is -0.384. The molecule has 0 aliphatic rings. The van der Waals surface area contributed by atoms with Gasteiger partial charge in [-0.25, -0.2) is 0 Å². The molecule has 1 aromatic heterocycles. The summed E-state index contributed by atoms with van der Waals surface area (Å²) in [5.41, 5.74) is 5.62. The second-order valence-corrected chi connectivity index (χ2v) is 4.18. The van der Waals surface area contributed by atoms with Gasteiger partial charge in [-0.05, 0) is 6.07 Å². The number of fused-ring (bicyclic) bond motifs is 1. The van der Waals surface area contributed by atoms with Gasteiger partial charge in [0.2, 0.25) is 0 Å². The van der Waals surface area contributed by atoms with Crippen molar-refractivity contribution in [3.63, 3.8) is 0 Å². The first-order chi connectivity index (χ1) is 6.59. The van der Waals surface area contributed by atoms with Crippen LogP contribution in [0.1, 0.15) is 0 Å². The van der Waals surface area contributed by atoms with Gasteiger partial charge in [-0.2, -0.15) is 0 Å². The van der Waals surface area contributed by atoms with Crippen LogP contribution >= 0.6 is 22.9 Å². The van der Waals surface area contributed by atoms with Crippen LogP contribution in [0.25, 0.3) is 10.1 Å². The van der Waals surface area contributed by atoms with E-state index >= 15 is 0 Å². The summed E-state index contributed by atoms with van der Waals surface area (Å²) < 4.78 is 0.859. The van der Waals surface area contributed by atoms with E-state index < -0.39 is 4.92 Å². The van der Waals surface area contributed by atoms with Crippen molar-refractivity contribution >= 4 is 43.7 Å². The number of nitrogen functional groups attached to an aromatic ring is 1. The van der Waals surface area contributed by atoms with E-state index in [0.717, 1.165) is 4.70 Å². The lowest BCUT2D eigenvalue weighted by Crippen LogP contribution is -1.86. The minimum absolute atomic E-state index is 0.0252. The van der Waals surface area contributed by atoms with E-state index in [2.05, 4.69) is 0 Å². The van der Waals surface area contributed by atoms with Crippen LogP contribution in [0.2, 0.25) is 5.02 Å². The third kappa shape index (κ3) is 1.30. The third-order valence-electron chi connectivity index (χ3n) is 1.85. The molecule has 2 rings (SSSR count). The van der Waals surface area contributed by atoms with E-state index in [4.69, 9.17) is 17.3 Å². The number of benzene rings is 1. The van der Waals surface area contributed by atoms with E-state index in [9.17, 15) is 10.1 Å².